The molecular weight excluding hydrogens is 370 g/mol. The van der Waals surface area contributed by atoms with Gasteiger partial charge in [0, 0.05) is 27.9 Å². The topological polar surface area (TPSA) is 75.1 Å². The van der Waals surface area contributed by atoms with Crippen molar-refractivity contribution in [2.24, 2.45) is 0 Å². The molecule has 0 fully saturated rings. The summed E-state index contributed by atoms with van der Waals surface area (Å²) in [6.45, 7) is 7.62. The number of anilines is 2. The largest absolute Gasteiger partial charge is 0.481 e. The maximum absolute atomic E-state index is 11.5. The predicted molar refractivity (Wildman–Crippen MR) is 114 cm³/mol. The second-order valence-corrected chi connectivity index (χ2v) is 7.95. The number of aromatic nitrogens is 2. The summed E-state index contributed by atoms with van der Waals surface area (Å²) in [6.07, 6.45) is 1.67. The van der Waals surface area contributed by atoms with Crippen LogP contribution in [-0.4, -0.2) is 21.0 Å². The summed E-state index contributed by atoms with van der Waals surface area (Å²) in [7, 11) is 0. The lowest BCUT2D eigenvalue weighted by molar-refractivity contribution is -0.142. The Morgan fingerprint density at radius 1 is 1.11 bits per heavy atom. The van der Waals surface area contributed by atoms with Gasteiger partial charge in [-0.05, 0) is 55.8 Å². The molecule has 3 rings (SSSR count). The number of hydrogen-bond acceptors (Lipinski definition) is 5. The first-order chi connectivity index (χ1) is 13.4. The van der Waals surface area contributed by atoms with Gasteiger partial charge in [-0.2, -0.15) is 11.3 Å². The van der Waals surface area contributed by atoms with E-state index in [0.717, 1.165) is 52.6 Å². The van der Waals surface area contributed by atoms with Crippen LogP contribution < -0.4 is 5.32 Å². The lowest BCUT2D eigenvalue weighted by Crippen LogP contribution is -2.28. The first kappa shape index (κ1) is 20.0. The number of carboxylic acid groups (broad SMARTS) is 1. The quantitative estimate of drug-likeness (QED) is 0.557. The molecule has 28 heavy (non-hydrogen) atoms. The van der Waals surface area contributed by atoms with E-state index in [0.29, 0.717) is 0 Å². The number of nitrogens with one attached hydrogen (secondary N) is 1. The molecule has 0 saturated heterocycles. The number of hydrogen-bond donors (Lipinski definition) is 2. The van der Waals surface area contributed by atoms with E-state index in [2.05, 4.69) is 19.2 Å². The summed E-state index contributed by atoms with van der Waals surface area (Å²) in [5, 5.41) is 16.9. The molecule has 1 aromatic carbocycles. The van der Waals surface area contributed by atoms with Gasteiger partial charge in [0.15, 0.2) is 5.82 Å². The molecule has 6 heteroatoms. The molecule has 0 radical (unpaired) electrons. The van der Waals surface area contributed by atoms with Gasteiger partial charge in [0.1, 0.15) is 5.82 Å². The smallest absolute Gasteiger partial charge is 0.313 e. The van der Waals surface area contributed by atoms with E-state index in [1.165, 1.54) is 0 Å². The van der Waals surface area contributed by atoms with Gasteiger partial charge in [-0.15, -0.1) is 0 Å². The standard InChI is InChI=1S/C22H25N3O2S/c1-5-17-18(6-2)24-19(14-11-12-28-13-14)25-20(17)23-16-9-7-15(8-10-16)22(3,4)21(26)27/h7-13H,5-6H2,1-4H3,(H,26,27)(H,23,24,25). The Hall–Kier alpha value is -2.73. The second-order valence-electron chi connectivity index (χ2n) is 7.17. The summed E-state index contributed by atoms with van der Waals surface area (Å²) in [5.74, 6) is 0.687. The Balaban J connectivity index is 1.97. The average Bonchev–Trinajstić information content (AvgIpc) is 3.22. The molecule has 0 spiro atoms. The summed E-state index contributed by atoms with van der Waals surface area (Å²) >= 11 is 1.63. The zero-order valence-corrected chi connectivity index (χ0v) is 17.4. The Morgan fingerprint density at radius 3 is 2.36 bits per heavy atom. The van der Waals surface area contributed by atoms with E-state index in [1.54, 1.807) is 25.2 Å². The SMILES string of the molecule is CCc1nc(-c2ccsc2)nc(Nc2ccc(C(C)(C)C(=O)O)cc2)c1CC. The highest BCUT2D eigenvalue weighted by Gasteiger charge is 2.29. The van der Waals surface area contributed by atoms with Gasteiger partial charge in [0.05, 0.1) is 5.41 Å². The lowest BCUT2D eigenvalue weighted by atomic mass is 9.85. The van der Waals surface area contributed by atoms with E-state index < -0.39 is 11.4 Å². The van der Waals surface area contributed by atoms with E-state index in [4.69, 9.17) is 9.97 Å². The van der Waals surface area contributed by atoms with Crippen molar-refractivity contribution in [3.8, 4) is 11.4 Å². The van der Waals surface area contributed by atoms with Crippen molar-refractivity contribution in [1.29, 1.82) is 0 Å². The average molecular weight is 396 g/mol. The van der Waals surface area contributed by atoms with Crippen LogP contribution in [0, 0.1) is 0 Å². The Kier molecular flexibility index (Phi) is 5.79. The van der Waals surface area contributed by atoms with E-state index in [9.17, 15) is 9.90 Å². The number of aryl methyl sites for hydroxylation is 1. The van der Waals surface area contributed by atoms with Crippen molar-refractivity contribution in [3.63, 3.8) is 0 Å². The first-order valence-corrected chi connectivity index (χ1v) is 10.3. The molecule has 0 aliphatic heterocycles. The zero-order chi connectivity index (χ0) is 20.3. The van der Waals surface area contributed by atoms with E-state index in [-0.39, 0.29) is 0 Å². The summed E-state index contributed by atoms with van der Waals surface area (Å²) < 4.78 is 0. The van der Waals surface area contributed by atoms with Crippen LogP contribution in [0.2, 0.25) is 0 Å². The number of nitrogens with zero attached hydrogens (tertiary/aromatic N) is 2. The second kappa shape index (κ2) is 8.10. The molecule has 2 N–H and O–H groups in total. The fourth-order valence-corrected chi connectivity index (χ4v) is 3.68. The van der Waals surface area contributed by atoms with Crippen LogP contribution in [-0.2, 0) is 23.1 Å². The third-order valence-electron chi connectivity index (χ3n) is 4.96. The summed E-state index contributed by atoms with van der Waals surface area (Å²) in [5.41, 5.74) is 3.88. The van der Waals surface area contributed by atoms with Crippen LogP contribution in [0.25, 0.3) is 11.4 Å². The molecule has 0 saturated carbocycles. The monoisotopic (exact) mass is 395 g/mol. The third-order valence-corrected chi connectivity index (χ3v) is 5.65. The lowest BCUT2D eigenvalue weighted by Gasteiger charge is -2.20. The molecule has 0 amide bonds. The Labute approximate surface area is 169 Å². The van der Waals surface area contributed by atoms with E-state index in [1.807, 2.05) is 41.1 Å². The van der Waals surface area contributed by atoms with Crippen molar-refractivity contribution in [2.75, 3.05) is 5.32 Å². The van der Waals surface area contributed by atoms with Gasteiger partial charge >= 0.3 is 5.97 Å². The minimum Gasteiger partial charge on any atom is -0.481 e. The number of rotatable bonds is 7. The predicted octanol–water partition coefficient (Wildman–Crippen LogP) is 5.44. The summed E-state index contributed by atoms with van der Waals surface area (Å²) in [6, 6.07) is 9.53. The van der Waals surface area contributed by atoms with Gasteiger partial charge in [-0.25, -0.2) is 9.97 Å². The van der Waals surface area contributed by atoms with Crippen molar-refractivity contribution in [1.82, 2.24) is 9.97 Å². The molecule has 146 valence electrons. The molecule has 2 heterocycles. The number of carbonyl (C=O) groups is 1. The molecule has 0 bridgehead atoms. The molecule has 0 atom stereocenters. The molecule has 3 aromatic rings. The minimum absolute atomic E-state index is 0.724. The zero-order valence-electron chi connectivity index (χ0n) is 16.6. The fraction of sp³-hybridized carbons (Fsp3) is 0.318. The van der Waals surface area contributed by atoms with Crippen molar-refractivity contribution >= 4 is 28.8 Å². The van der Waals surface area contributed by atoms with Crippen molar-refractivity contribution in [3.05, 3.63) is 57.9 Å². The molecule has 0 aliphatic rings. The minimum atomic E-state index is -0.927. The van der Waals surface area contributed by atoms with Crippen LogP contribution in [0.4, 0.5) is 11.5 Å². The van der Waals surface area contributed by atoms with Crippen LogP contribution in [0.3, 0.4) is 0 Å². The highest BCUT2D eigenvalue weighted by Crippen LogP contribution is 2.29. The Morgan fingerprint density at radius 2 is 1.82 bits per heavy atom. The van der Waals surface area contributed by atoms with Gasteiger partial charge in [-0.3, -0.25) is 4.79 Å². The van der Waals surface area contributed by atoms with Gasteiger partial charge < -0.3 is 10.4 Å². The highest BCUT2D eigenvalue weighted by atomic mass is 32.1. The van der Waals surface area contributed by atoms with Crippen molar-refractivity contribution < 1.29 is 9.90 Å². The van der Waals surface area contributed by atoms with Crippen molar-refractivity contribution in [2.45, 2.75) is 46.0 Å². The van der Waals surface area contributed by atoms with Gasteiger partial charge in [0.25, 0.3) is 0 Å². The number of thiophene rings is 1. The van der Waals surface area contributed by atoms with Gasteiger partial charge in [-0.1, -0.05) is 26.0 Å². The first-order valence-electron chi connectivity index (χ1n) is 9.40. The molecule has 5 nitrogen and oxygen atoms in total. The number of aliphatic carboxylic acids is 1. The Bertz CT molecular complexity index is 964. The molecule has 0 aliphatic carbocycles. The molecule has 0 unspecified atom stereocenters. The van der Waals surface area contributed by atoms with Crippen LogP contribution >= 0.6 is 11.3 Å². The number of carboxylic acids is 1. The van der Waals surface area contributed by atoms with Gasteiger partial charge in [0.2, 0.25) is 0 Å². The van der Waals surface area contributed by atoms with Crippen LogP contribution in [0.15, 0.2) is 41.1 Å². The number of benzene rings is 1. The highest BCUT2D eigenvalue weighted by molar-refractivity contribution is 7.08. The van der Waals surface area contributed by atoms with E-state index >= 15 is 0 Å². The fourth-order valence-electron chi connectivity index (χ4n) is 3.05. The molecule has 2 aromatic heterocycles. The van der Waals surface area contributed by atoms with Crippen LogP contribution in [0.5, 0.6) is 0 Å². The third kappa shape index (κ3) is 3.92. The maximum Gasteiger partial charge on any atom is 0.313 e. The molecular formula is C22H25N3O2S. The maximum atomic E-state index is 11.5. The normalized spacial score (nSPS) is 11.4. The summed E-state index contributed by atoms with van der Waals surface area (Å²) in [4.78, 5) is 21.0. The van der Waals surface area contributed by atoms with Crippen LogP contribution in [0.1, 0.15) is 44.5 Å².